The zero-order chi connectivity index (χ0) is 22.7. The molecule has 1 heterocycles. The number of carbonyl (C=O) groups excluding carboxylic acids is 1. The third-order valence-electron chi connectivity index (χ3n) is 4.27. The zero-order valence-corrected chi connectivity index (χ0v) is 17.0. The van der Waals surface area contributed by atoms with Gasteiger partial charge in [-0.3, -0.25) is 14.9 Å². The number of rotatable bonds is 7. The molecule has 0 fully saturated rings. The minimum atomic E-state index is -0.654. The van der Waals surface area contributed by atoms with E-state index in [0.29, 0.717) is 11.4 Å². The summed E-state index contributed by atoms with van der Waals surface area (Å²) in [5.41, 5.74) is 2.26. The lowest BCUT2D eigenvalue weighted by Gasteiger charge is -2.10. The summed E-state index contributed by atoms with van der Waals surface area (Å²) < 4.78 is 6.95. The van der Waals surface area contributed by atoms with Gasteiger partial charge < -0.3 is 20.2 Å². The second-order valence-electron chi connectivity index (χ2n) is 7.01. The number of hydrogen-bond acceptors (Lipinski definition) is 7. The molecule has 3 aromatic rings. The van der Waals surface area contributed by atoms with Gasteiger partial charge >= 0.3 is 5.82 Å². The fourth-order valence-corrected chi connectivity index (χ4v) is 3.03. The van der Waals surface area contributed by atoms with Gasteiger partial charge in [-0.1, -0.05) is 6.07 Å². The highest BCUT2D eigenvalue weighted by Crippen LogP contribution is 2.30. The third kappa shape index (κ3) is 5.41. The molecule has 1 N–H and O–H groups in total. The van der Waals surface area contributed by atoms with Gasteiger partial charge in [-0.15, -0.1) is 0 Å². The Kier molecular flexibility index (Phi) is 5.95. The summed E-state index contributed by atoms with van der Waals surface area (Å²) in [7, 11) is 0. The number of nitrogens with zero attached hydrogens (tertiary/aromatic N) is 4. The van der Waals surface area contributed by atoms with Gasteiger partial charge in [-0.25, -0.2) is 0 Å². The minimum Gasteiger partial charge on any atom is -0.457 e. The van der Waals surface area contributed by atoms with E-state index in [0.717, 1.165) is 11.1 Å². The van der Waals surface area contributed by atoms with Gasteiger partial charge in [-0.2, -0.15) is 4.68 Å². The van der Waals surface area contributed by atoms with Crippen molar-refractivity contribution in [3.05, 3.63) is 79.5 Å². The molecule has 0 radical (unpaired) electrons. The van der Waals surface area contributed by atoms with Crippen LogP contribution in [0, 0.1) is 41.0 Å². The number of nitrogens with one attached hydrogen (secondary N) is 1. The van der Waals surface area contributed by atoms with Gasteiger partial charge in [0.2, 0.25) is 5.91 Å². The van der Waals surface area contributed by atoms with Crippen LogP contribution in [0.4, 0.5) is 17.2 Å². The molecule has 1 amide bonds. The van der Waals surface area contributed by atoms with Crippen molar-refractivity contribution >= 4 is 23.1 Å². The summed E-state index contributed by atoms with van der Waals surface area (Å²) in [6.07, 6.45) is 0. The van der Waals surface area contributed by atoms with Gasteiger partial charge in [0.1, 0.15) is 18.0 Å². The van der Waals surface area contributed by atoms with Crippen LogP contribution in [0.25, 0.3) is 0 Å². The monoisotopic (exact) mass is 425 g/mol. The summed E-state index contributed by atoms with van der Waals surface area (Å²) in [6, 6.07) is 10.7. The predicted octanol–water partition coefficient (Wildman–Crippen LogP) is 4.06. The molecule has 3 rings (SSSR count). The summed E-state index contributed by atoms with van der Waals surface area (Å²) in [6.45, 7) is 5.09. The second-order valence-corrected chi connectivity index (χ2v) is 7.01. The highest BCUT2D eigenvalue weighted by Gasteiger charge is 2.19. The van der Waals surface area contributed by atoms with Gasteiger partial charge in [0.15, 0.2) is 0 Å². The number of carbonyl (C=O) groups is 1. The lowest BCUT2D eigenvalue weighted by atomic mass is 10.1. The number of benzene rings is 2. The quantitative estimate of drug-likeness (QED) is 0.444. The van der Waals surface area contributed by atoms with E-state index in [4.69, 9.17) is 4.74 Å². The highest BCUT2D eigenvalue weighted by molar-refractivity contribution is 5.91. The van der Waals surface area contributed by atoms with Crippen LogP contribution in [-0.2, 0) is 11.3 Å². The fraction of sp³-hybridized carbons (Fsp3) is 0.200. The first-order valence-corrected chi connectivity index (χ1v) is 9.15. The maximum absolute atomic E-state index is 12.4. The molecule has 11 heteroatoms. The maximum Gasteiger partial charge on any atom is 0.390 e. The van der Waals surface area contributed by atoms with E-state index in [1.165, 1.54) is 28.9 Å². The average molecular weight is 425 g/mol. The Morgan fingerprint density at radius 1 is 0.968 bits per heavy atom. The molecule has 0 aliphatic rings. The van der Waals surface area contributed by atoms with Crippen LogP contribution < -0.4 is 10.1 Å². The molecule has 2 aromatic carbocycles. The van der Waals surface area contributed by atoms with Crippen LogP contribution in [0.15, 0.2) is 42.5 Å². The molecule has 0 aliphatic carbocycles. The Balaban J connectivity index is 1.82. The van der Waals surface area contributed by atoms with Crippen LogP contribution in [0.1, 0.15) is 16.8 Å². The fourth-order valence-electron chi connectivity index (χ4n) is 3.03. The van der Waals surface area contributed by atoms with E-state index in [2.05, 4.69) is 10.4 Å². The topological polar surface area (TPSA) is 142 Å². The van der Waals surface area contributed by atoms with E-state index in [9.17, 15) is 25.0 Å². The number of nitro benzene ring substituents is 1. The summed E-state index contributed by atoms with van der Waals surface area (Å²) in [5, 5.41) is 28.4. The van der Waals surface area contributed by atoms with Crippen molar-refractivity contribution in [2.45, 2.75) is 27.3 Å². The van der Waals surface area contributed by atoms with Crippen molar-refractivity contribution in [2.24, 2.45) is 0 Å². The van der Waals surface area contributed by atoms with Gasteiger partial charge in [0.05, 0.1) is 33.5 Å². The van der Waals surface area contributed by atoms with Gasteiger partial charge in [-0.05, 0) is 49.0 Å². The first kappa shape index (κ1) is 21.4. The van der Waals surface area contributed by atoms with Crippen molar-refractivity contribution in [3.63, 3.8) is 0 Å². The van der Waals surface area contributed by atoms with E-state index in [1.807, 2.05) is 19.9 Å². The van der Waals surface area contributed by atoms with Crippen molar-refractivity contribution in [1.82, 2.24) is 9.78 Å². The average Bonchev–Trinajstić information content (AvgIpc) is 3.01. The Hall–Kier alpha value is -4.28. The van der Waals surface area contributed by atoms with E-state index < -0.39 is 15.8 Å². The molecule has 1 aromatic heterocycles. The molecule has 0 bridgehead atoms. The molecule has 0 saturated carbocycles. The third-order valence-corrected chi connectivity index (χ3v) is 4.27. The SMILES string of the molecule is Cc1cc(C)cc(Oc2cc(NC(=O)Cn3nc([N+](=O)[O-])cc3C)cc([N+](=O)[O-])c2)c1. The highest BCUT2D eigenvalue weighted by atomic mass is 16.6. The molecule has 31 heavy (non-hydrogen) atoms. The van der Waals surface area contributed by atoms with Crippen molar-refractivity contribution in [1.29, 1.82) is 0 Å². The largest absolute Gasteiger partial charge is 0.457 e. The number of anilines is 1. The first-order valence-electron chi connectivity index (χ1n) is 9.15. The molecule has 0 spiro atoms. The van der Waals surface area contributed by atoms with Crippen LogP contribution in [0.3, 0.4) is 0 Å². The Morgan fingerprint density at radius 2 is 1.61 bits per heavy atom. The number of ether oxygens (including phenoxy) is 1. The van der Waals surface area contributed by atoms with Crippen molar-refractivity contribution < 1.29 is 19.4 Å². The molecule has 0 unspecified atom stereocenters. The summed E-state index contributed by atoms with van der Waals surface area (Å²) >= 11 is 0. The second kappa shape index (κ2) is 8.61. The number of aromatic nitrogens is 2. The Bertz CT molecular complexity index is 1170. The molecule has 0 aliphatic heterocycles. The van der Waals surface area contributed by atoms with Crippen molar-refractivity contribution in [2.75, 3.05) is 5.32 Å². The Morgan fingerprint density at radius 3 is 2.19 bits per heavy atom. The van der Waals surface area contributed by atoms with E-state index in [-0.39, 0.29) is 29.5 Å². The van der Waals surface area contributed by atoms with E-state index >= 15 is 0 Å². The van der Waals surface area contributed by atoms with Crippen molar-refractivity contribution in [3.8, 4) is 11.5 Å². The summed E-state index contributed by atoms with van der Waals surface area (Å²) in [5.74, 6) is -0.237. The number of hydrogen-bond donors (Lipinski definition) is 1. The molecule has 11 nitrogen and oxygen atoms in total. The molecular formula is C20H19N5O6. The first-order chi connectivity index (χ1) is 14.6. The summed E-state index contributed by atoms with van der Waals surface area (Å²) in [4.78, 5) is 33.3. The molecule has 160 valence electrons. The molecule has 0 atom stereocenters. The lowest BCUT2D eigenvalue weighted by molar-refractivity contribution is -0.389. The van der Waals surface area contributed by atoms with Crippen LogP contribution in [0.5, 0.6) is 11.5 Å². The van der Waals surface area contributed by atoms with Gasteiger partial charge in [0.25, 0.3) is 5.69 Å². The number of nitro groups is 2. The zero-order valence-electron chi connectivity index (χ0n) is 17.0. The van der Waals surface area contributed by atoms with Crippen LogP contribution in [-0.4, -0.2) is 25.5 Å². The van der Waals surface area contributed by atoms with E-state index in [1.54, 1.807) is 19.1 Å². The number of aryl methyl sites for hydroxylation is 3. The Labute approximate surface area is 176 Å². The number of non-ortho nitro benzene ring substituents is 1. The number of amides is 1. The van der Waals surface area contributed by atoms with Crippen LogP contribution >= 0.6 is 0 Å². The molecule has 0 saturated heterocycles. The van der Waals surface area contributed by atoms with Crippen LogP contribution in [0.2, 0.25) is 0 Å². The standard InChI is InChI=1S/C20H19N5O6/c1-12-4-13(2)6-17(5-12)31-18-9-15(8-16(10-18)24(27)28)21-20(26)11-23-14(3)7-19(22-23)25(29)30/h4-10H,11H2,1-3H3,(H,21,26). The normalized spacial score (nSPS) is 10.5. The smallest absolute Gasteiger partial charge is 0.390 e. The van der Waals surface area contributed by atoms with Gasteiger partial charge in [0, 0.05) is 12.1 Å². The predicted molar refractivity (Wildman–Crippen MR) is 111 cm³/mol. The molecular weight excluding hydrogens is 406 g/mol. The lowest BCUT2D eigenvalue weighted by Crippen LogP contribution is -2.20. The minimum absolute atomic E-state index is 0.151. The maximum atomic E-state index is 12.4.